The van der Waals surface area contributed by atoms with Crippen LogP contribution < -0.4 is 12.4 Å². The highest BCUT2D eigenvalue weighted by Gasteiger charge is 2.31. The first-order valence-electron chi connectivity index (χ1n) is 6.88. The van der Waals surface area contributed by atoms with Crippen LogP contribution in [0.1, 0.15) is 11.1 Å². The molecule has 0 saturated carbocycles. The third-order valence-corrected chi connectivity index (χ3v) is 4.55. The molecule has 0 spiro atoms. The van der Waals surface area contributed by atoms with Gasteiger partial charge in [0, 0.05) is 18.0 Å². The van der Waals surface area contributed by atoms with E-state index in [-0.39, 0.29) is 36.3 Å². The summed E-state index contributed by atoms with van der Waals surface area (Å²) in [7, 11) is -3.72. The van der Waals surface area contributed by atoms with Crippen molar-refractivity contribution in [3.63, 3.8) is 0 Å². The summed E-state index contributed by atoms with van der Waals surface area (Å²) in [5.74, 6) is 0.208. The van der Waals surface area contributed by atoms with Gasteiger partial charge >= 0.3 is 0 Å². The van der Waals surface area contributed by atoms with Crippen molar-refractivity contribution in [2.75, 3.05) is 13.2 Å². The van der Waals surface area contributed by atoms with Crippen molar-refractivity contribution in [3.05, 3.63) is 59.9 Å². The molecule has 7 nitrogen and oxygen atoms in total. The maximum absolute atomic E-state index is 12.1. The van der Waals surface area contributed by atoms with E-state index in [2.05, 4.69) is 14.5 Å². The minimum absolute atomic E-state index is 0. The van der Waals surface area contributed by atoms with Crippen LogP contribution in [0.15, 0.2) is 63.2 Å². The van der Waals surface area contributed by atoms with E-state index in [0.29, 0.717) is 5.56 Å². The van der Waals surface area contributed by atoms with Gasteiger partial charge in [0.25, 0.3) is 10.0 Å². The average Bonchev–Trinajstić information content (AvgIpc) is 2.84. The summed E-state index contributed by atoms with van der Waals surface area (Å²) in [6.45, 7) is -0.0564. The zero-order chi connectivity index (χ0) is 16.3. The highest BCUT2D eigenvalue weighted by Crippen LogP contribution is 2.27. The van der Waals surface area contributed by atoms with Gasteiger partial charge in [0.2, 0.25) is 0 Å². The van der Waals surface area contributed by atoms with Gasteiger partial charge in [-0.25, -0.2) is 5.01 Å². The summed E-state index contributed by atoms with van der Waals surface area (Å²) >= 11 is 0. The summed E-state index contributed by atoms with van der Waals surface area (Å²) in [6, 6.07) is 10.1. The van der Waals surface area contributed by atoms with Crippen molar-refractivity contribution in [1.82, 2.24) is 9.99 Å². The molecule has 1 aliphatic rings. The Morgan fingerprint density at radius 3 is 2.58 bits per heavy atom. The molecule has 126 valence electrons. The molecule has 3 rings (SSSR count). The van der Waals surface area contributed by atoms with Gasteiger partial charge in [0.15, 0.2) is 5.84 Å². The van der Waals surface area contributed by atoms with E-state index in [9.17, 15) is 13.5 Å². The number of hydrogen-bond acceptors (Lipinski definition) is 6. The van der Waals surface area contributed by atoms with Gasteiger partial charge in [-0.2, -0.15) is 13.5 Å². The molecule has 1 aliphatic heterocycles. The third-order valence-electron chi connectivity index (χ3n) is 3.22. The normalized spacial score (nSPS) is 14.8. The summed E-state index contributed by atoms with van der Waals surface area (Å²) < 4.78 is 28.0. The molecule has 1 aromatic heterocycles. The topological polar surface area (TPSA) is 95.2 Å². The lowest BCUT2D eigenvalue weighted by Gasteiger charge is -2.17. The van der Waals surface area contributed by atoms with Crippen LogP contribution in [0, 0.1) is 0 Å². The summed E-state index contributed by atoms with van der Waals surface area (Å²) in [5, 5.41) is 14.9. The van der Waals surface area contributed by atoms with Gasteiger partial charge in [-0.05, 0) is 29.8 Å². The molecule has 2 heterocycles. The number of aromatic nitrogens is 1. The van der Waals surface area contributed by atoms with E-state index in [1.54, 1.807) is 48.9 Å². The summed E-state index contributed by atoms with van der Waals surface area (Å²) in [5.41, 5.74) is 1.28. The number of aliphatic hydroxyl groups is 1. The first-order valence-corrected chi connectivity index (χ1v) is 8.32. The van der Waals surface area contributed by atoms with Crippen molar-refractivity contribution >= 4 is 22.1 Å². The van der Waals surface area contributed by atoms with E-state index < -0.39 is 10.0 Å². The molecule has 0 saturated heterocycles. The number of aliphatic hydroxyl groups excluding tert-OH is 1. The molecular weight excluding hydrogens is 352 g/mol. The monoisotopic (exact) mass is 365 g/mol. The predicted molar refractivity (Wildman–Crippen MR) is 85.8 cm³/mol. The van der Waals surface area contributed by atoms with Crippen LogP contribution >= 0.6 is 0 Å². The van der Waals surface area contributed by atoms with Crippen LogP contribution in [-0.2, 0) is 10.0 Å². The van der Waals surface area contributed by atoms with Crippen LogP contribution in [-0.4, -0.2) is 48.7 Å². The molecule has 2 aromatic rings. The lowest BCUT2D eigenvalue weighted by molar-refractivity contribution is -0.00000825. The van der Waals surface area contributed by atoms with E-state index >= 15 is 0 Å². The maximum atomic E-state index is 12.1. The zero-order valence-electron chi connectivity index (χ0n) is 12.4. The minimum atomic E-state index is -3.72. The number of rotatable bonds is 4. The average molecular weight is 366 g/mol. The number of fused-ring (bicyclic) bond motifs is 1. The van der Waals surface area contributed by atoms with Gasteiger partial charge in [-0.1, -0.05) is 12.1 Å². The Hall–Kier alpha value is -2.29. The molecule has 0 fully saturated rings. The number of nitrogens with zero attached hydrogens (tertiary/aromatic N) is 4. The van der Waals surface area contributed by atoms with Crippen LogP contribution in [0.5, 0.6) is 0 Å². The molecule has 1 aromatic carbocycles. The fourth-order valence-electron chi connectivity index (χ4n) is 2.17. The van der Waals surface area contributed by atoms with Gasteiger partial charge in [-0.3, -0.25) is 4.98 Å². The van der Waals surface area contributed by atoms with Crippen LogP contribution in [0.3, 0.4) is 0 Å². The smallest absolute Gasteiger partial charge is 0.285 e. The van der Waals surface area contributed by atoms with Crippen molar-refractivity contribution in [1.29, 1.82) is 0 Å². The molecule has 0 amide bonds. The lowest BCUT2D eigenvalue weighted by atomic mass is 10.2. The molecule has 0 aliphatic carbocycles. The largest absolute Gasteiger partial charge is 1.00 e. The van der Waals surface area contributed by atoms with Gasteiger partial charge < -0.3 is 17.5 Å². The predicted octanol–water partition coefficient (Wildman–Crippen LogP) is -2.14. The van der Waals surface area contributed by atoms with Gasteiger partial charge in [0.1, 0.15) is 4.90 Å². The standard InChI is InChI=1S/C15H14N4O3S.ClH/c20-10-9-19(17-11-12-5-7-16-8-6-12)15-13-3-1-2-4-14(13)23(21,22)18-15;/h1-8,11,20H,9-10H2;1H/p-1. The van der Waals surface area contributed by atoms with Crippen LogP contribution in [0.2, 0.25) is 0 Å². The van der Waals surface area contributed by atoms with E-state index in [4.69, 9.17) is 0 Å². The van der Waals surface area contributed by atoms with E-state index in [0.717, 1.165) is 5.56 Å². The van der Waals surface area contributed by atoms with Crippen LogP contribution in [0.4, 0.5) is 0 Å². The van der Waals surface area contributed by atoms with Crippen molar-refractivity contribution in [2.24, 2.45) is 9.50 Å². The highest BCUT2D eigenvalue weighted by atomic mass is 35.5. The molecule has 24 heavy (non-hydrogen) atoms. The van der Waals surface area contributed by atoms with Crippen molar-refractivity contribution in [3.8, 4) is 0 Å². The van der Waals surface area contributed by atoms with E-state index in [1.807, 2.05) is 0 Å². The van der Waals surface area contributed by atoms with Crippen molar-refractivity contribution < 1.29 is 25.9 Å². The first kappa shape index (κ1) is 18.1. The number of hydrazone groups is 1. The molecule has 0 atom stereocenters. The number of benzene rings is 1. The Morgan fingerprint density at radius 1 is 1.17 bits per heavy atom. The van der Waals surface area contributed by atoms with Gasteiger partial charge in [-0.15, -0.1) is 4.40 Å². The second-order valence-electron chi connectivity index (χ2n) is 4.76. The SMILES string of the molecule is O=S1(=O)N=C(N(CCO)N=Cc2ccncc2)c2ccccc21.[Cl-]. The Balaban J connectivity index is 0.00000208. The number of pyridine rings is 1. The highest BCUT2D eigenvalue weighted by molar-refractivity contribution is 7.90. The molecule has 0 radical (unpaired) electrons. The Morgan fingerprint density at radius 2 is 1.88 bits per heavy atom. The Bertz CT molecular complexity index is 869. The fraction of sp³-hybridized carbons (Fsp3) is 0.133. The second-order valence-corrected chi connectivity index (χ2v) is 6.33. The Kier molecular flexibility index (Phi) is 5.66. The first-order chi connectivity index (χ1) is 11.1. The van der Waals surface area contributed by atoms with Crippen LogP contribution in [0.25, 0.3) is 0 Å². The van der Waals surface area contributed by atoms with Crippen molar-refractivity contribution in [2.45, 2.75) is 4.90 Å². The summed E-state index contributed by atoms with van der Waals surface area (Å²) in [6.07, 6.45) is 4.82. The minimum Gasteiger partial charge on any atom is -1.00 e. The third kappa shape index (κ3) is 3.61. The number of hydrogen-bond donors (Lipinski definition) is 1. The maximum Gasteiger partial charge on any atom is 0.285 e. The molecule has 0 bridgehead atoms. The molecule has 1 N–H and O–H groups in total. The Labute approximate surface area is 145 Å². The lowest BCUT2D eigenvalue weighted by Crippen LogP contribution is -3.00. The second kappa shape index (κ2) is 7.52. The van der Waals surface area contributed by atoms with Gasteiger partial charge in [0.05, 0.1) is 19.4 Å². The molecule has 9 heteroatoms. The zero-order valence-corrected chi connectivity index (χ0v) is 14.0. The fourth-order valence-corrected chi connectivity index (χ4v) is 3.38. The quantitative estimate of drug-likeness (QED) is 0.493. The number of sulfonamides is 1. The number of amidine groups is 1. The van der Waals surface area contributed by atoms with E-state index in [1.165, 1.54) is 11.1 Å². The summed E-state index contributed by atoms with van der Waals surface area (Å²) in [4.78, 5) is 4.07. The molecule has 0 unspecified atom stereocenters. The number of halogens is 1. The molecular formula is C15H14ClN4O3S-.